The van der Waals surface area contributed by atoms with Gasteiger partial charge in [0.15, 0.2) is 0 Å². The molecule has 0 radical (unpaired) electrons. The van der Waals surface area contributed by atoms with Crippen molar-refractivity contribution in [2.75, 3.05) is 5.75 Å². The van der Waals surface area contributed by atoms with Gasteiger partial charge in [-0.2, -0.15) is 11.8 Å². The number of thioether (sulfide) groups is 1. The minimum atomic E-state index is 0.245. The molecule has 4 atom stereocenters. The fourth-order valence-corrected chi connectivity index (χ4v) is 4.31. The zero-order valence-electron chi connectivity index (χ0n) is 7.46. The number of hydrogen-bond donors (Lipinski definition) is 0. The van der Waals surface area contributed by atoms with Crippen molar-refractivity contribution in [3.63, 3.8) is 0 Å². The van der Waals surface area contributed by atoms with Gasteiger partial charge in [0.05, 0.1) is 5.60 Å². The van der Waals surface area contributed by atoms with Crippen LogP contribution in [0, 0.1) is 5.92 Å². The first-order valence-electron chi connectivity index (χ1n) is 4.49. The molecule has 1 nitrogen and oxygen atoms in total. The van der Waals surface area contributed by atoms with Gasteiger partial charge in [-0.3, -0.25) is 0 Å². The second kappa shape index (κ2) is 2.43. The lowest BCUT2D eigenvalue weighted by atomic mass is 9.85. The van der Waals surface area contributed by atoms with Crippen LogP contribution in [0.4, 0.5) is 0 Å². The molecule has 2 rings (SSSR count). The van der Waals surface area contributed by atoms with Crippen molar-refractivity contribution < 1.29 is 4.74 Å². The van der Waals surface area contributed by atoms with Gasteiger partial charge in [0, 0.05) is 17.0 Å². The Morgan fingerprint density at radius 3 is 2.73 bits per heavy atom. The molecule has 0 aromatic carbocycles. The van der Waals surface area contributed by atoms with Gasteiger partial charge in [-0.1, -0.05) is 13.8 Å². The van der Waals surface area contributed by atoms with Gasteiger partial charge in [-0.05, 0) is 12.3 Å². The molecule has 2 saturated heterocycles. The molecule has 0 saturated carbocycles. The average molecular weight is 170 g/mol. The Balaban J connectivity index is 2.24. The quantitative estimate of drug-likeness (QED) is 0.540. The zero-order valence-corrected chi connectivity index (χ0v) is 8.28. The van der Waals surface area contributed by atoms with E-state index in [9.17, 15) is 0 Å². The third kappa shape index (κ3) is 0.904. The van der Waals surface area contributed by atoms with E-state index in [1.807, 2.05) is 0 Å². The third-order valence-corrected chi connectivity index (χ3v) is 5.16. The lowest BCUT2D eigenvalue weighted by Crippen LogP contribution is -2.35. The summed E-state index contributed by atoms with van der Waals surface area (Å²) in [6, 6.07) is 0.490. The SMILES string of the molecule is B[C@@H]1O[C@@]2(CC)CSC1C2C. The summed E-state index contributed by atoms with van der Waals surface area (Å²) < 4.78 is 5.99. The maximum absolute atomic E-state index is 5.99. The summed E-state index contributed by atoms with van der Waals surface area (Å²) in [6.45, 7) is 4.59. The van der Waals surface area contributed by atoms with E-state index >= 15 is 0 Å². The van der Waals surface area contributed by atoms with Crippen molar-refractivity contribution in [1.29, 1.82) is 0 Å². The Labute approximate surface area is 73.7 Å². The van der Waals surface area contributed by atoms with E-state index in [0.717, 1.165) is 11.2 Å². The van der Waals surface area contributed by atoms with Gasteiger partial charge in [0.2, 0.25) is 0 Å². The molecule has 0 spiro atoms. The Morgan fingerprint density at radius 1 is 1.73 bits per heavy atom. The standard InChI is InChI=1S/C8H15BOS/c1-3-8-4-11-6(5(8)2)7(9)10-8/h5-7H,3-4,9H2,1-2H3/t5?,6?,7-,8+/m1/s1. The topological polar surface area (TPSA) is 9.23 Å². The van der Waals surface area contributed by atoms with E-state index in [-0.39, 0.29) is 5.60 Å². The molecular formula is C8H15BOS. The summed E-state index contributed by atoms with van der Waals surface area (Å²) >= 11 is 2.11. The molecule has 0 N–H and O–H groups in total. The lowest BCUT2D eigenvalue weighted by Gasteiger charge is -2.29. The van der Waals surface area contributed by atoms with Crippen LogP contribution in [0.3, 0.4) is 0 Å². The maximum Gasteiger partial charge on any atom is 0.140 e. The van der Waals surface area contributed by atoms with Crippen molar-refractivity contribution in [3.8, 4) is 0 Å². The molecule has 0 amide bonds. The number of rotatable bonds is 1. The second-order valence-electron chi connectivity index (χ2n) is 3.81. The van der Waals surface area contributed by atoms with Gasteiger partial charge in [0.1, 0.15) is 7.85 Å². The molecular weight excluding hydrogens is 155 g/mol. The summed E-state index contributed by atoms with van der Waals surface area (Å²) in [5.74, 6) is 1.99. The summed E-state index contributed by atoms with van der Waals surface area (Å²) in [5.41, 5.74) is 0.245. The van der Waals surface area contributed by atoms with Crippen LogP contribution in [-0.4, -0.2) is 30.5 Å². The molecule has 2 fully saturated rings. The molecule has 2 aliphatic heterocycles. The van der Waals surface area contributed by atoms with Crippen LogP contribution in [0.5, 0.6) is 0 Å². The Hall–Kier alpha value is 0.375. The van der Waals surface area contributed by atoms with Gasteiger partial charge in [0.25, 0.3) is 0 Å². The van der Waals surface area contributed by atoms with E-state index in [0.29, 0.717) is 6.00 Å². The van der Waals surface area contributed by atoms with E-state index in [2.05, 4.69) is 33.5 Å². The smallest absolute Gasteiger partial charge is 0.140 e. The fourth-order valence-electron chi connectivity index (χ4n) is 2.44. The molecule has 2 heterocycles. The van der Waals surface area contributed by atoms with Crippen LogP contribution in [0.25, 0.3) is 0 Å². The van der Waals surface area contributed by atoms with Crippen LogP contribution in [0.15, 0.2) is 0 Å². The molecule has 11 heavy (non-hydrogen) atoms. The van der Waals surface area contributed by atoms with Crippen LogP contribution in [-0.2, 0) is 4.74 Å². The van der Waals surface area contributed by atoms with E-state index in [1.165, 1.54) is 12.2 Å². The first-order valence-corrected chi connectivity index (χ1v) is 5.54. The summed E-state index contributed by atoms with van der Waals surface area (Å²) in [5, 5.41) is 0.773. The first kappa shape index (κ1) is 8.00. The van der Waals surface area contributed by atoms with E-state index in [1.54, 1.807) is 0 Å². The monoisotopic (exact) mass is 170 g/mol. The largest absolute Gasteiger partial charge is 0.378 e. The van der Waals surface area contributed by atoms with Crippen molar-refractivity contribution in [2.24, 2.45) is 5.92 Å². The first-order chi connectivity index (χ1) is 5.19. The lowest BCUT2D eigenvalue weighted by molar-refractivity contribution is -0.0154. The second-order valence-corrected chi connectivity index (χ2v) is 4.97. The zero-order chi connectivity index (χ0) is 8.06. The Morgan fingerprint density at radius 2 is 2.45 bits per heavy atom. The van der Waals surface area contributed by atoms with E-state index in [4.69, 9.17) is 4.74 Å². The van der Waals surface area contributed by atoms with Crippen LogP contribution in [0.2, 0.25) is 0 Å². The molecule has 0 aromatic heterocycles. The van der Waals surface area contributed by atoms with Gasteiger partial charge in [-0.15, -0.1) is 0 Å². The third-order valence-electron chi connectivity index (χ3n) is 3.32. The predicted molar refractivity (Wildman–Crippen MR) is 51.8 cm³/mol. The summed E-state index contributed by atoms with van der Waals surface area (Å²) in [7, 11) is 2.21. The van der Waals surface area contributed by atoms with Crippen molar-refractivity contribution in [1.82, 2.24) is 0 Å². The molecule has 0 aliphatic carbocycles. The van der Waals surface area contributed by atoms with Crippen molar-refractivity contribution in [3.05, 3.63) is 0 Å². The maximum atomic E-state index is 5.99. The van der Waals surface area contributed by atoms with Gasteiger partial charge in [-0.25, -0.2) is 0 Å². The highest BCUT2D eigenvalue weighted by atomic mass is 32.2. The predicted octanol–water partition coefficient (Wildman–Crippen LogP) is 0.876. The van der Waals surface area contributed by atoms with Crippen molar-refractivity contribution in [2.45, 2.75) is 37.1 Å². The summed E-state index contributed by atoms with van der Waals surface area (Å²) in [4.78, 5) is 0. The van der Waals surface area contributed by atoms with Gasteiger partial charge < -0.3 is 4.74 Å². The van der Waals surface area contributed by atoms with Crippen LogP contribution in [0.1, 0.15) is 20.3 Å². The van der Waals surface area contributed by atoms with Crippen LogP contribution >= 0.6 is 11.8 Å². The molecule has 3 heteroatoms. The molecule has 62 valence electrons. The van der Waals surface area contributed by atoms with Crippen molar-refractivity contribution >= 4 is 19.6 Å². The number of hydrogen-bond acceptors (Lipinski definition) is 2. The normalized spacial score (nSPS) is 55.3. The Kier molecular flexibility index (Phi) is 1.77. The molecule has 2 unspecified atom stereocenters. The number of ether oxygens (including phenoxy) is 1. The highest BCUT2D eigenvalue weighted by molar-refractivity contribution is 8.00. The van der Waals surface area contributed by atoms with Crippen LogP contribution < -0.4 is 0 Å². The molecule has 0 aromatic rings. The minimum Gasteiger partial charge on any atom is -0.378 e. The highest BCUT2D eigenvalue weighted by Gasteiger charge is 2.55. The summed E-state index contributed by atoms with van der Waals surface area (Å²) in [6.07, 6.45) is 1.18. The van der Waals surface area contributed by atoms with Gasteiger partial charge >= 0.3 is 0 Å². The number of fused-ring (bicyclic) bond motifs is 2. The minimum absolute atomic E-state index is 0.245. The molecule has 2 bridgehead atoms. The van der Waals surface area contributed by atoms with E-state index < -0.39 is 0 Å². The fraction of sp³-hybridized carbons (Fsp3) is 1.00. The Bertz CT molecular complexity index is 175. The highest BCUT2D eigenvalue weighted by Crippen LogP contribution is 2.52. The average Bonchev–Trinajstić information content (AvgIpc) is 2.42. The molecule has 2 aliphatic rings.